The first kappa shape index (κ1) is 26.1. The number of amides is 3. The van der Waals surface area contributed by atoms with Crippen LogP contribution in [0.4, 0.5) is 0 Å². The fourth-order valence-corrected chi connectivity index (χ4v) is 3.60. The summed E-state index contributed by atoms with van der Waals surface area (Å²) in [6, 6.07) is 2.65. The number of aliphatic carboxylic acids is 1. The highest BCUT2D eigenvalue weighted by Gasteiger charge is 2.32. The fourth-order valence-electron chi connectivity index (χ4n) is 3.60. The number of hydrogen-bond donors (Lipinski definition) is 6. The number of aromatic hydroxyl groups is 1. The molecule has 1 aliphatic rings. The van der Waals surface area contributed by atoms with E-state index in [0.29, 0.717) is 18.4 Å². The number of carbonyl (C=O) groups excluding carboxylic acids is 3. The summed E-state index contributed by atoms with van der Waals surface area (Å²) >= 11 is 0. The van der Waals surface area contributed by atoms with E-state index in [1.165, 1.54) is 19.1 Å². The van der Waals surface area contributed by atoms with E-state index in [1.807, 2.05) is 13.8 Å². The van der Waals surface area contributed by atoms with Crippen molar-refractivity contribution in [3.8, 4) is 5.75 Å². The van der Waals surface area contributed by atoms with Gasteiger partial charge in [0.05, 0.1) is 6.04 Å². The molecule has 0 bridgehead atoms. The summed E-state index contributed by atoms with van der Waals surface area (Å²) in [5, 5.41) is 29.8. The van der Waals surface area contributed by atoms with Crippen molar-refractivity contribution in [3.05, 3.63) is 29.8 Å². The number of phenols is 1. The molecule has 6 N–H and O–H groups in total. The van der Waals surface area contributed by atoms with E-state index < -0.39 is 35.9 Å². The van der Waals surface area contributed by atoms with Crippen molar-refractivity contribution in [2.45, 2.75) is 70.6 Å². The third-order valence-corrected chi connectivity index (χ3v) is 5.91. The van der Waals surface area contributed by atoms with Gasteiger partial charge in [0.2, 0.25) is 17.7 Å². The minimum Gasteiger partial charge on any atom is -0.508 e. The molecule has 182 valence electrons. The number of hydrogen-bond acceptors (Lipinski definition) is 6. The summed E-state index contributed by atoms with van der Waals surface area (Å²) in [7, 11) is 0. The molecule has 0 saturated carbocycles. The molecule has 1 aromatic rings. The van der Waals surface area contributed by atoms with Gasteiger partial charge >= 0.3 is 5.97 Å². The summed E-state index contributed by atoms with van der Waals surface area (Å²) in [5.41, 5.74) is 0.622. The number of carbonyl (C=O) groups is 4. The average Bonchev–Trinajstić information content (AvgIpc) is 3.32. The van der Waals surface area contributed by atoms with Crippen molar-refractivity contribution in [2.75, 3.05) is 6.54 Å². The lowest BCUT2D eigenvalue weighted by Crippen LogP contribution is -2.58. The Balaban J connectivity index is 1.98. The minimum atomic E-state index is -1.22. The molecule has 0 spiro atoms. The first-order valence-corrected chi connectivity index (χ1v) is 11.3. The van der Waals surface area contributed by atoms with Crippen molar-refractivity contribution in [1.29, 1.82) is 0 Å². The molecule has 0 radical (unpaired) electrons. The largest absolute Gasteiger partial charge is 0.508 e. The van der Waals surface area contributed by atoms with Crippen LogP contribution in [0.3, 0.4) is 0 Å². The van der Waals surface area contributed by atoms with E-state index >= 15 is 0 Å². The molecule has 3 amide bonds. The van der Waals surface area contributed by atoms with Crippen LogP contribution >= 0.6 is 0 Å². The van der Waals surface area contributed by atoms with E-state index in [1.54, 1.807) is 12.1 Å². The van der Waals surface area contributed by atoms with Crippen LogP contribution in [0.25, 0.3) is 0 Å². The van der Waals surface area contributed by atoms with Crippen LogP contribution in [0.1, 0.15) is 45.6 Å². The summed E-state index contributed by atoms with van der Waals surface area (Å²) in [4.78, 5) is 49.6. The van der Waals surface area contributed by atoms with Crippen molar-refractivity contribution < 1.29 is 29.4 Å². The number of phenolic OH excluding ortho intramolecular Hbond substituents is 1. The van der Waals surface area contributed by atoms with Crippen molar-refractivity contribution >= 4 is 23.7 Å². The van der Waals surface area contributed by atoms with Gasteiger partial charge in [-0.3, -0.25) is 14.4 Å². The maximum atomic E-state index is 12.9. The molecular formula is C23H34N4O6. The Hall–Kier alpha value is -3.14. The Morgan fingerprint density at radius 3 is 2.27 bits per heavy atom. The van der Waals surface area contributed by atoms with Crippen LogP contribution in [-0.2, 0) is 25.6 Å². The first-order chi connectivity index (χ1) is 15.6. The van der Waals surface area contributed by atoms with E-state index in [2.05, 4.69) is 21.3 Å². The smallest absolute Gasteiger partial charge is 0.326 e. The topological polar surface area (TPSA) is 157 Å². The molecule has 1 aliphatic heterocycles. The Morgan fingerprint density at radius 1 is 1.06 bits per heavy atom. The molecule has 10 heteroatoms. The molecule has 33 heavy (non-hydrogen) atoms. The second kappa shape index (κ2) is 12.2. The zero-order valence-electron chi connectivity index (χ0n) is 19.3. The summed E-state index contributed by atoms with van der Waals surface area (Å²) in [6.07, 6.45) is 2.26. The van der Waals surface area contributed by atoms with E-state index in [9.17, 15) is 29.4 Å². The third-order valence-electron chi connectivity index (χ3n) is 5.91. The SMILES string of the molecule is CCC(C)C(NC(=O)C1CCCN1)C(=O)NC(C)C(=O)NC(Cc1ccc(O)cc1)C(=O)O. The van der Waals surface area contributed by atoms with Crippen LogP contribution in [0.15, 0.2) is 24.3 Å². The standard InChI is InChI=1S/C23H34N4O6/c1-4-13(2)19(27-21(30)17-6-5-11-24-17)22(31)25-14(3)20(29)26-18(23(32)33)12-15-7-9-16(28)10-8-15/h7-10,13-14,17-19,24,28H,4-6,11-12H2,1-3H3,(H,25,31)(H,26,29)(H,27,30)(H,32,33). The number of carboxylic acids is 1. The minimum absolute atomic E-state index is 0.0158. The van der Waals surface area contributed by atoms with Gasteiger partial charge in [-0.1, -0.05) is 32.4 Å². The molecule has 1 fully saturated rings. The predicted octanol–water partition coefficient (Wildman–Crippen LogP) is 0.292. The second-order valence-corrected chi connectivity index (χ2v) is 8.52. The van der Waals surface area contributed by atoms with Crippen molar-refractivity contribution in [2.24, 2.45) is 5.92 Å². The zero-order valence-corrected chi connectivity index (χ0v) is 19.3. The van der Waals surface area contributed by atoms with E-state index in [4.69, 9.17) is 0 Å². The lowest BCUT2D eigenvalue weighted by Gasteiger charge is -2.27. The van der Waals surface area contributed by atoms with Crippen LogP contribution in [0, 0.1) is 5.92 Å². The van der Waals surface area contributed by atoms with Crippen molar-refractivity contribution in [1.82, 2.24) is 21.3 Å². The van der Waals surface area contributed by atoms with Gasteiger partial charge in [0.15, 0.2) is 0 Å². The molecule has 1 heterocycles. The number of carboxylic acid groups (broad SMARTS) is 1. The maximum absolute atomic E-state index is 12.9. The van der Waals surface area contributed by atoms with Gasteiger partial charge in [0.25, 0.3) is 0 Å². The van der Waals surface area contributed by atoms with Crippen LogP contribution in [-0.4, -0.2) is 64.6 Å². The van der Waals surface area contributed by atoms with Gasteiger partial charge in [0, 0.05) is 6.42 Å². The normalized spacial score (nSPS) is 19.1. The van der Waals surface area contributed by atoms with Crippen LogP contribution < -0.4 is 21.3 Å². The lowest BCUT2D eigenvalue weighted by atomic mass is 9.97. The number of rotatable bonds is 11. The Bertz CT molecular complexity index is 838. The Kier molecular flexibility index (Phi) is 9.65. The molecule has 0 aliphatic carbocycles. The zero-order chi connectivity index (χ0) is 24.5. The van der Waals surface area contributed by atoms with Crippen molar-refractivity contribution in [3.63, 3.8) is 0 Å². The monoisotopic (exact) mass is 462 g/mol. The molecule has 1 saturated heterocycles. The number of nitrogens with one attached hydrogen (secondary N) is 4. The molecular weight excluding hydrogens is 428 g/mol. The summed E-state index contributed by atoms with van der Waals surface area (Å²) < 4.78 is 0. The van der Waals surface area contributed by atoms with Crippen LogP contribution in [0.2, 0.25) is 0 Å². The second-order valence-electron chi connectivity index (χ2n) is 8.52. The summed E-state index contributed by atoms with van der Waals surface area (Å²) in [5.74, 6) is -2.72. The summed E-state index contributed by atoms with van der Waals surface area (Å²) in [6.45, 7) is 5.96. The highest BCUT2D eigenvalue weighted by atomic mass is 16.4. The van der Waals surface area contributed by atoms with Gasteiger partial charge in [-0.15, -0.1) is 0 Å². The Labute approximate surface area is 193 Å². The van der Waals surface area contributed by atoms with Gasteiger partial charge < -0.3 is 31.5 Å². The fraction of sp³-hybridized carbons (Fsp3) is 0.565. The highest BCUT2D eigenvalue weighted by molar-refractivity contribution is 5.94. The molecule has 0 aromatic heterocycles. The molecule has 10 nitrogen and oxygen atoms in total. The molecule has 5 unspecified atom stereocenters. The quantitative estimate of drug-likeness (QED) is 0.276. The van der Waals surface area contributed by atoms with Crippen LogP contribution in [0.5, 0.6) is 5.75 Å². The highest BCUT2D eigenvalue weighted by Crippen LogP contribution is 2.13. The van der Waals surface area contributed by atoms with Gasteiger partial charge in [-0.05, 0) is 49.9 Å². The Morgan fingerprint density at radius 2 is 1.73 bits per heavy atom. The first-order valence-electron chi connectivity index (χ1n) is 11.3. The molecule has 2 rings (SSSR count). The number of benzene rings is 1. The van der Waals surface area contributed by atoms with E-state index in [0.717, 1.165) is 13.0 Å². The van der Waals surface area contributed by atoms with E-state index in [-0.39, 0.29) is 30.0 Å². The van der Waals surface area contributed by atoms with Gasteiger partial charge in [-0.25, -0.2) is 4.79 Å². The predicted molar refractivity (Wildman–Crippen MR) is 121 cm³/mol. The average molecular weight is 463 g/mol. The molecule has 1 aromatic carbocycles. The van der Waals surface area contributed by atoms with Gasteiger partial charge in [-0.2, -0.15) is 0 Å². The third kappa shape index (κ3) is 7.74. The lowest BCUT2D eigenvalue weighted by molar-refractivity contribution is -0.142. The van der Waals surface area contributed by atoms with Gasteiger partial charge in [0.1, 0.15) is 23.9 Å². The maximum Gasteiger partial charge on any atom is 0.326 e. The molecule has 5 atom stereocenters.